The van der Waals surface area contributed by atoms with Crippen LogP contribution in [-0.4, -0.2) is 24.3 Å². The molecule has 0 saturated heterocycles. The van der Waals surface area contributed by atoms with Gasteiger partial charge in [-0.15, -0.1) is 0 Å². The normalized spacial score (nSPS) is 12.7. The summed E-state index contributed by atoms with van der Waals surface area (Å²) >= 11 is 0. The first-order valence-corrected chi connectivity index (χ1v) is 4.92. The molecule has 1 aromatic rings. The summed E-state index contributed by atoms with van der Waals surface area (Å²) in [5.74, 6) is 0. The van der Waals surface area contributed by atoms with Gasteiger partial charge < -0.3 is 16.2 Å². The third kappa shape index (κ3) is 3.77. The second-order valence-corrected chi connectivity index (χ2v) is 3.50. The van der Waals surface area contributed by atoms with E-state index in [4.69, 9.17) is 10.8 Å². The zero-order valence-electron chi connectivity index (χ0n) is 8.53. The zero-order chi connectivity index (χ0) is 10.4. The Morgan fingerprint density at radius 1 is 1.43 bits per heavy atom. The van der Waals surface area contributed by atoms with E-state index in [-0.39, 0.29) is 6.10 Å². The predicted molar refractivity (Wildman–Crippen MR) is 59.1 cm³/mol. The fourth-order valence-electron chi connectivity index (χ4n) is 1.30. The SMILES string of the molecule is CC(O)CNCCc1ccccc1N. The van der Waals surface area contributed by atoms with Crippen molar-refractivity contribution in [2.45, 2.75) is 19.4 Å². The molecule has 0 spiro atoms. The minimum absolute atomic E-state index is 0.289. The molecule has 0 amide bonds. The van der Waals surface area contributed by atoms with Gasteiger partial charge in [0.2, 0.25) is 0 Å². The lowest BCUT2D eigenvalue weighted by atomic mass is 10.1. The Hall–Kier alpha value is -1.06. The van der Waals surface area contributed by atoms with Crippen molar-refractivity contribution in [3.05, 3.63) is 29.8 Å². The van der Waals surface area contributed by atoms with Crippen LogP contribution in [0.25, 0.3) is 0 Å². The van der Waals surface area contributed by atoms with Gasteiger partial charge in [0.15, 0.2) is 0 Å². The summed E-state index contributed by atoms with van der Waals surface area (Å²) < 4.78 is 0. The van der Waals surface area contributed by atoms with Crippen molar-refractivity contribution < 1.29 is 5.11 Å². The van der Waals surface area contributed by atoms with Crippen molar-refractivity contribution in [1.82, 2.24) is 5.32 Å². The summed E-state index contributed by atoms with van der Waals surface area (Å²) in [5, 5.41) is 12.2. The van der Waals surface area contributed by atoms with Gasteiger partial charge in [-0.2, -0.15) is 0 Å². The van der Waals surface area contributed by atoms with Gasteiger partial charge in [0.25, 0.3) is 0 Å². The molecule has 0 radical (unpaired) electrons. The number of nitrogens with one attached hydrogen (secondary N) is 1. The topological polar surface area (TPSA) is 58.3 Å². The van der Waals surface area contributed by atoms with E-state index in [9.17, 15) is 0 Å². The average Bonchev–Trinajstić information content (AvgIpc) is 2.15. The number of nitrogens with two attached hydrogens (primary N) is 1. The van der Waals surface area contributed by atoms with Gasteiger partial charge in [0, 0.05) is 12.2 Å². The molecule has 0 aliphatic carbocycles. The number of hydrogen-bond donors (Lipinski definition) is 3. The Morgan fingerprint density at radius 2 is 2.14 bits per heavy atom. The monoisotopic (exact) mass is 194 g/mol. The molecule has 3 nitrogen and oxygen atoms in total. The molecule has 1 aromatic carbocycles. The smallest absolute Gasteiger partial charge is 0.0636 e. The maximum Gasteiger partial charge on any atom is 0.0636 e. The number of aliphatic hydroxyl groups excluding tert-OH is 1. The first kappa shape index (κ1) is 11.0. The molecule has 78 valence electrons. The van der Waals surface area contributed by atoms with Gasteiger partial charge in [-0.25, -0.2) is 0 Å². The van der Waals surface area contributed by atoms with Crippen molar-refractivity contribution in [1.29, 1.82) is 0 Å². The van der Waals surface area contributed by atoms with Crippen molar-refractivity contribution in [2.24, 2.45) is 0 Å². The Balaban J connectivity index is 2.28. The Labute approximate surface area is 84.9 Å². The zero-order valence-corrected chi connectivity index (χ0v) is 8.53. The molecule has 0 heterocycles. The Kier molecular flexibility index (Phi) is 4.43. The van der Waals surface area contributed by atoms with E-state index >= 15 is 0 Å². The van der Waals surface area contributed by atoms with Gasteiger partial charge in [0.1, 0.15) is 0 Å². The Bertz CT molecular complexity index is 274. The summed E-state index contributed by atoms with van der Waals surface area (Å²) in [5.41, 5.74) is 7.78. The highest BCUT2D eigenvalue weighted by atomic mass is 16.3. The highest BCUT2D eigenvalue weighted by Gasteiger charge is 1.98. The molecule has 1 unspecified atom stereocenters. The molecule has 0 aliphatic rings. The molecule has 0 aliphatic heterocycles. The molecular formula is C11H18N2O. The van der Waals surface area contributed by atoms with Crippen molar-refractivity contribution in [3.63, 3.8) is 0 Å². The largest absolute Gasteiger partial charge is 0.399 e. The number of hydrogen-bond acceptors (Lipinski definition) is 3. The van der Waals surface area contributed by atoms with E-state index in [2.05, 4.69) is 5.32 Å². The number of aliphatic hydroxyl groups is 1. The first-order chi connectivity index (χ1) is 6.70. The Morgan fingerprint density at radius 3 is 2.79 bits per heavy atom. The third-order valence-electron chi connectivity index (χ3n) is 2.07. The second-order valence-electron chi connectivity index (χ2n) is 3.50. The quantitative estimate of drug-likeness (QED) is 0.479. The molecule has 1 atom stereocenters. The summed E-state index contributed by atoms with van der Waals surface area (Å²) in [7, 11) is 0. The van der Waals surface area contributed by atoms with Crippen LogP contribution in [0, 0.1) is 0 Å². The summed E-state index contributed by atoms with van der Waals surface area (Å²) in [4.78, 5) is 0. The minimum atomic E-state index is -0.289. The molecule has 0 aromatic heterocycles. The predicted octanol–water partition coefficient (Wildman–Crippen LogP) is 0.782. The first-order valence-electron chi connectivity index (χ1n) is 4.92. The highest BCUT2D eigenvalue weighted by Crippen LogP contribution is 2.10. The van der Waals surface area contributed by atoms with E-state index in [1.54, 1.807) is 6.92 Å². The van der Waals surface area contributed by atoms with Gasteiger partial charge in [0.05, 0.1) is 6.10 Å². The highest BCUT2D eigenvalue weighted by molar-refractivity contribution is 5.46. The van der Waals surface area contributed by atoms with Crippen LogP contribution in [0.2, 0.25) is 0 Å². The summed E-state index contributed by atoms with van der Waals surface area (Å²) in [6.45, 7) is 3.25. The number of anilines is 1. The van der Waals surface area contributed by atoms with E-state index in [0.717, 1.165) is 24.2 Å². The average molecular weight is 194 g/mol. The molecule has 0 fully saturated rings. The summed E-state index contributed by atoms with van der Waals surface area (Å²) in [6.07, 6.45) is 0.613. The van der Waals surface area contributed by atoms with Crippen LogP contribution in [0.4, 0.5) is 5.69 Å². The fourth-order valence-corrected chi connectivity index (χ4v) is 1.30. The van der Waals surface area contributed by atoms with Crippen LogP contribution >= 0.6 is 0 Å². The van der Waals surface area contributed by atoms with E-state index in [1.165, 1.54) is 0 Å². The lowest BCUT2D eigenvalue weighted by Gasteiger charge is -2.08. The molecule has 4 N–H and O–H groups in total. The van der Waals surface area contributed by atoms with Crippen LogP contribution < -0.4 is 11.1 Å². The van der Waals surface area contributed by atoms with Gasteiger partial charge >= 0.3 is 0 Å². The van der Waals surface area contributed by atoms with E-state index < -0.39 is 0 Å². The van der Waals surface area contributed by atoms with Crippen molar-refractivity contribution >= 4 is 5.69 Å². The van der Waals surface area contributed by atoms with Crippen LogP contribution in [0.1, 0.15) is 12.5 Å². The molecule has 3 heteroatoms. The molecule has 14 heavy (non-hydrogen) atoms. The number of para-hydroxylation sites is 1. The lowest BCUT2D eigenvalue weighted by Crippen LogP contribution is -2.26. The van der Waals surface area contributed by atoms with Crippen molar-refractivity contribution in [2.75, 3.05) is 18.8 Å². The standard InChI is InChI=1S/C11H18N2O/c1-9(14)8-13-7-6-10-4-2-3-5-11(10)12/h2-5,9,13-14H,6-8,12H2,1H3. The minimum Gasteiger partial charge on any atom is -0.399 e. The number of nitrogen functional groups attached to an aromatic ring is 1. The number of rotatable bonds is 5. The van der Waals surface area contributed by atoms with E-state index in [1.807, 2.05) is 24.3 Å². The number of benzene rings is 1. The van der Waals surface area contributed by atoms with Gasteiger partial charge in [-0.1, -0.05) is 18.2 Å². The molecule has 0 bridgehead atoms. The fraction of sp³-hybridized carbons (Fsp3) is 0.455. The van der Waals surface area contributed by atoms with Crippen LogP contribution in [0.3, 0.4) is 0 Å². The van der Waals surface area contributed by atoms with Crippen LogP contribution in [0.5, 0.6) is 0 Å². The molecule has 0 saturated carbocycles. The summed E-state index contributed by atoms with van der Waals surface area (Å²) in [6, 6.07) is 7.85. The van der Waals surface area contributed by atoms with Gasteiger partial charge in [-0.05, 0) is 31.5 Å². The molecular weight excluding hydrogens is 176 g/mol. The molecule has 1 rings (SSSR count). The van der Waals surface area contributed by atoms with Crippen LogP contribution in [-0.2, 0) is 6.42 Å². The lowest BCUT2D eigenvalue weighted by molar-refractivity contribution is 0.191. The van der Waals surface area contributed by atoms with Crippen molar-refractivity contribution in [3.8, 4) is 0 Å². The van der Waals surface area contributed by atoms with Crippen LogP contribution in [0.15, 0.2) is 24.3 Å². The second kappa shape index (κ2) is 5.62. The van der Waals surface area contributed by atoms with E-state index in [0.29, 0.717) is 6.54 Å². The maximum atomic E-state index is 9.02. The maximum absolute atomic E-state index is 9.02. The van der Waals surface area contributed by atoms with Gasteiger partial charge in [-0.3, -0.25) is 0 Å². The third-order valence-corrected chi connectivity index (χ3v) is 2.07.